The summed E-state index contributed by atoms with van der Waals surface area (Å²) in [4.78, 5) is 24.7. The minimum atomic E-state index is -0.187. The van der Waals surface area contributed by atoms with Crippen LogP contribution in [0.3, 0.4) is 0 Å². The molecule has 0 spiro atoms. The van der Waals surface area contributed by atoms with Gasteiger partial charge in [-0.2, -0.15) is 0 Å². The molecule has 76 valence electrons. The van der Waals surface area contributed by atoms with Crippen molar-refractivity contribution < 1.29 is 4.79 Å². The Labute approximate surface area is 85.8 Å². The zero-order valence-corrected chi connectivity index (χ0v) is 8.06. The third-order valence-electron chi connectivity index (χ3n) is 2.25. The second kappa shape index (κ2) is 3.57. The highest BCUT2D eigenvalue weighted by Crippen LogP contribution is 2.11. The van der Waals surface area contributed by atoms with Crippen LogP contribution in [0.1, 0.15) is 10.4 Å². The van der Waals surface area contributed by atoms with Gasteiger partial charge >= 0.3 is 5.69 Å². The first-order valence-corrected chi connectivity index (χ1v) is 4.55. The van der Waals surface area contributed by atoms with Crippen molar-refractivity contribution in [1.29, 1.82) is 0 Å². The second-order valence-corrected chi connectivity index (χ2v) is 3.22. The van der Waals surface area contributed by atoms with E-state index < -0.39 is 0 Å². The molecule has 2 aromatic rings. The molecule has 1 aromatic carbocycles. The molecule has 0 fully saturated rings. The lowest BCUT2D eigenvalue weighted by Gasteiger charge is -1.97. The van der Waals surface area contributed by atoms with Crippen LogP contribution < -0.4 is 5.69 Å². The molecular formula is C11H10N2O2. The summed E-state index contributed by atoms with van der Waals surface area (Å²) < 4.78 is 1.57. The first-order chi connectivity index (χ1) is 7.26. The van der Waals surface area contributed by atoms with Gasteiger partial charge in [-0.15, -0.1) is 6.58 Å². The van der Waals surface area contributed by atoms with E-state index in [1.54, 1.807) is 28.8 Å². The van der Waals surface area contributed by atoms with Gasteiger partial charge in [0.05, 0.1) is 11.0 Å². The molecule has 0 aliphatic carbocycles. The van der Waals surface area contributed by atoms with Crippen molar-refractivity contribution in [2.24, 2.45) is 0 Å². The first kappa shape index (κ1) is 9.45. The molecule has 0 saturated heterocycles. The number of carbonyl (C=O) groups is 1. The Kier molecular flexibility index (Phi) is 2.25. The van der Waals surface area contributed by atoms with E-state index in [0.717, 1.165) is 11.8 Å². The number of benzene rings is 1. The van der Waals surface area contributed by atoms with E-state index in [4.69, 9.17) is 0 Å². The van der Waals surface area contributed by atoms with Crippen molar-refractivity contribution in [3.63, 3.8) is 0 Å². The molecular weight excluding hydrogens is 192 g/mol. The zero-order valence-electron chi connectivity index (χ0n) is 8.06. The van der Waals surface area contributed by atoms with E-state index in [1.807, 2.05) is 0 Å². The maximum atomic E-state index is 11.5. The maximum absolute atomic E-state index is 11.5. The van der Waals surface area contributed by atoms with Gasteiger partial charge < -0.3 is 4.98 Å². The molecule has 4 nitrogen and oxygen atoms in total. The predicted octanol–water partition coefficient (Wildman–Crippen LogP) is 1.33. The molecule has 0 amide bonds. The van der Waals surface area contributed by atoms with Crippen molar-refractivity contribution in [2.75, 3.05) is 0 Å². The zero-order chi connectivity index (χ0) is 10.8. The summed E-state index contributed by atoms with van der Waals surface area (Å²) in [7, 11) is 0. The lowest BCUT2D eigenvalue weighted by Crippen LogP contribution is -2.15. The van der Waals surface area contributed by atoms with Gasteiger partial charge in [-0.05, 0) is 18.2 Å². The molecule has 4 heteroatoms. The third-order valence-corrected chi connectivity index (χ3v) is 2.25. The molecule has 0 radical (unpaired) electrons. The number of nitrogens with zero attached hydrogens (tertiary/aromatic N) is 1. The number of aromatic nitrogens is 2. The topological polar surface area (TPSA) is 54.9 Å². The van der Waals surface area contributed by atoms with E-state index in [1.165, 1.54) is 0 Å². The molecule has 1 heterocycles. The summed E-state index contributed by atoms with van der Waals surface area (Å²) in [6.07, 6.45) is 2.41. The molecule has 0 bridgehead atoms. The fourth-order valence-electron chi connectivity index (χ4n) is 1.56. The summed E-state index contributed by atoms with van der Waals surface area (Å²) in [6.45, 7) is 4.05. The Morgan fingerprint density at radius 3 is 2.93 bits per heavy atom. The van der Waals surface area contributed by atoms with Crippen LogP contribution >= 0.6 is 0 Å². The number of hydrogen-bond donors (Lipinski definition) is 1. The van der Waals surface area contributed by atoms with Crippen LogP contribution in [0.5, 0.6) is 0 Å². The van der Waals surface area contributed by atoms with Crippen molar-refractivity contribution in [3.8, 4) is 0 Å². The highest BCUT2D eigenvalue weighted by molar-refractivity contribution is 5.84. The quantitative estimate of drug-likeness (QED) is 0.603. The fraction of sp³-hybridized carbons (Fsp3) is 0.0909. The van der Waals surface area contributed by atoms with Crippen molar-refractivity contribution in [1.82, 2.24) is 9.55 Å². The fourth-order valence-corrected chi connectivity index (χ4v) is 1.56. The van der Waals surface area contributed by atoms with Crippen molar-refractivity contribution in [3.05, 3.63) is 46.9 Å². The van der Waals surface area contributed by atoms with Crippen molar-refractivity contribution >= 4 is 17.3 Å². The summed E-state index contributed by atoms with van der Waals surface area (Å²) in [5.74, 6) is 0. The van der Waals surface area contributed by atoms with E-state index >= 15 is 0 Å². The SMILES string of the molecule is C=CCn1c(=O)[nH]c2cc(C=O)ccc21. The molecule has 0 saturated carbocycles. The maximum Gasteiger partial charge on any atom is 0.326 e. The summed E-state index contributed by atoms with van der Waals surface area (Å²) >= 11 is 0. The molecule has 2 rings (SSSR count). The molecule has 0 aliphatic rings. The number of nitrogens with one attached hydrogen (secondary N) is 1. The molecule has 1 N–H and O–H groups in total. The Balaban J connectivity index is 2.73. The van der Waals surface area contributed by atoms with Gasteiger partial charge in [0, 0.05) is 12.1 Å². The number of H-pyrrole nitrogens is 1. The molecule has 0 unspecified atom stereocenters. The van der Waals surface area contributed by atoms with Gasteiger partial charge in [0.15, 0.2) is 0 Å². The minimum Gasteiger partial charge on any atom is -0.306 e. The number of allylic oxidation sites excluding steroid dienone is 1. The normalized spacial score (nSPS) is 10.4. The predicted molar refractivity (Wildman–Crippen MR) is 58.1 cm³/mol. The van der Waals surface area contributed by atoms with E-state index in [2.05, 4.69) is 11.6 Å². The highest BCUT2D eigenvalue weighted by Gasteiger charge is 2.05. The van der Waals surface area contributed by atoms with Gasteiger partial charge in [-0.25, -0.2) is 4.79 Å². The van der Waals surface area contributed by atoms with Gasteiger partial charge in [0.1, 0.15) is 6.29 Å². The number of fused-ring (bicyclic) bond motifs is 1. The Morgan fingerprint density at radius 2 is 2.27 bits per heavy atom. The van der Waals surface area contributed by atoms with E-state index in [9.17, 15) is 9.59 Å². The van der Waals surface area contributed by atoms with Gasteiger partial charge in [0.25, 0.3) is 0 Å². The lowest BCUT2D eigenvalue weighted by molar-refractivity contribution is 0.112. The van der Waals surface area contributed by atoms with Crippen LogP contribution in [0.15, 0.2) is 35.6 Å². The first-order valence-electron chi connectivity index (χ1n) is 4.55. The van der Waals surface area contributed by atoms with Crippen LogP contribution in [0.4, 0.5) is 0 Å². The van der Waals surface area contributed by atoms with Crippen LogP contribution in [0.25, 0.3) is 11.0 Å². The number of carbonyl (C=O) groups excluding carboxylic acids is 1. The lowest BCUT2D eigenvalue weighted by atomic mass is 10.2. The molecule has 1 aromatic heterocycles. The molecule has 15 heavy (non-hydrogen) atoms. The second-order valence-electron chi connectivity index (χ2n) is 3.22. The standard InChI is InChI=1S/C11H10N2O2/c1-2-5-13-10-4-3-8(7-14)6-9(10)12-11(13)15/h2-4,6-7H,1,5H2,(H,12,15). The number of rotatable bonds is 3. The van der Waals surface area contributed by atoms with Gasteiger partial charge in [0.2, 0.25) is 0 Å². The Hall–Kier alpha value is -2.10. The number of imidazole rings is 1. The van der Waals surface area contributed by atoms with Crippen LogP contribution in [0, 0.1) is 0 Å². The van der Waals surface area contributed by atoms with Crippen LogP contribution in [0.2, 0.25) is 0 Å². The van der Waals surface area contributed by atoms with Crippen LogP contribution in [-0.2, 0) is 6.54 Å². The smallest absolute Gasteiger partial charge is 0.306 e. The Morgan fingerprint density at radius 1 is 1.47 bits per heavy atom. The Bertz CT molecular complexity index is 578. The average Bonchev–Trinajstić information content (AvgIpc) is 2.55. The number of aromatic amines is 1. The number of aldehydes is 1. The summed E-state index contributed by atoms with van der Waals surface area (Å²) in [5.41, 5.74) is 1.82. The van der Waals surface area contributed by atoms with E-state index in [0.29, 0.717) is 17.6 Å². The third kappa shape index (κ3) is 1.50. The van der Waals surface area contributed by atoms with Crippen LogP contribution in [-0.4, -0.2) is 15.8 Å². The largest absolute Gasteiger partial charge is 0.326 e. The van der Waals surface area contributed by atoms with E-state index in [-0.39, 0.29) is 5.69 Å². The van der Waals surface area contributed by atoms with Gasteiger partial charge in [-0.1, -0.05) is 6.08 Å². The van der Waals surface area contributed by atoms with Crippen molar-refractivity contribution in [2.45, 2.75) is 6.54 Å². The van der Waals surface area contributed by atoms with Gasteiger partial charge in [-0.3, -0.25) is 9.36 Å². The average molecular weight is 202 g/mol. The molecule has 0 aliphatic heterocycles. The molecule has 0 atom stereocenters. The minimum absolute atomic E-state index is 0.187. The highest BCUT2D eigenvalue weighted by atomic mass is 16.1. The number of hydrogen-bond acceptors (Lipinski definition) is 2. The summed E-state index contributed by atoms with van der Waals surface area (Å²) in [5, 5.41) is 0. The monoisotopic (exact) mass is 202 g/mol. The summed E-state index contributed by atoms with van der Waals surface area (Å²) in [6, 6.07) is 5.09.